The van der Waals surface area contributed by atoms with Gasteiger partial charge in [-0.1, -0.05) is 12.1 Å². The average Bonchev–Trinajstić information content (AvgIpc) is 3.07. The van der Waals surface area contributed by atoms with Crippen molar-refractivity contribution in [3.05, 3.63) is 59.4 Å². The minimum atomic E-state index is -0.368. The number of nitriles is 1. The van der Waals surface area contributed by atoms with Crippen molar-refractivity contribution in [3.8, 4) is 17.6 Å². The van der Waals surface area contributed by atoms with E-state index in [9.17, 15) is 14.9 Å². The number of allylic oxidation sites excluding steroid dienone is 1. The number of para-hydroxylation sites is 2. The maximum Gasteiger partial charge on any atom is 0.220 e. The van der Waals surface area contributed by atoms with Crippen molar-refractivity contribution in [1.29, 1.82) is 5.26 Å². The Morgan fingerprint density at radius 1 is 0.969 bits per heavy atom. The highest BCUT2D eigenvalue weighted by molar-refractivity contribution is 6.03. The highest BCUT2D eigenvalue weighted by Gasteiger charge is 2.31. The third-order valence-electron chi connectivity index (χ3n) is 5.33. The Kier molecular flexibility index (Phi) is 7.00. The van der Waals surface area contributed by atoms with Gasteiger partial charge >= 0.3 is 0 Å². The molecular weight excluding hydrogens is 408 g/mol. The Morgan fingerprint density at radius 3 is 2.03 bits per heavy atom. The first-order valence-corrected chi connectivity index (χ1v) is 10.1. The molecule has 0 aliphatic carbocycles. The lowest BCUT2D eigenvalue weighted by molar-refractivity contribution is -0.124. The van der Waals surface area contributed by atoms with Crippen LogP contribution in [0.4, 0.5) is 11.4 Å². The zero-order valence-corrected chi connectivity index (χ0v) is 18.6. The third kappa shape index (κ3) is 4.67. The highest BCUT2D eigenvalue weighted by Crippen LogP contribution is 2.40. The van der Waals surface area contributed by atoms with E-state index in [-0.39, 0.29) is 36.6 Å². The van der Waals surface area contributed by atoms with Crippen molar-refractivity contribution in [2.24, 2.45) is 0 Å². The molecule has 0 bridgehead atoms. The first-order chi connectivity index (χ1) is 15.4. The fourth-order valence-corrected chi connectivity index (χ4v) is 3.67. The largest absolute Gasteiger partial charge is 0.497 e. The summed E-state index contributed by atoms with van der Waals surface area (Å²) >= 11 is 0. The van der Waals surface area contributed by atoms with Crippen molar-refractivity contribution in [3.63, 3.8) is 0 Å². The zero-order valence-electron chi connectivity index (χ0n) is 18.6. The maximum atomic E-state index is 12.8. The minimum Gasteiger partial charge on any atom is -0.497 e. The third-order valence-corrected chi connectivity index (χ3v) is 5.33. The number of nitrogens with zero attached hydrogens (tertiary/aromatic N) is 3. The van der Waals surface area contributed by atoms with Crippen LogP contribution in [0.2, 0.25) is 0 Å². The number of ether oxygens (including phenoxy) is 2. The molecule has 166 valence electrons. The smallest absolute Gasteiger partial charge is 0.220 e. The van der Waals surface area contributed by atoms with E-state index >= 15 is 0 Å². The molecule has 0 atom stereocenters. The molecule has 3 rings (SSSR count). The van der Waals surface area contributed by atoms with Crippen molar-refractivity contribution in [2.75, 3.05) is 38.1 Å². The van der Waals surface area contributed by atoms with Crippen molar-refractivity contribution >= 4 is 23.1 Å². The number of Topliss-reactive ketones (excluding diaryl/α,β-unsaturated/α-hetero) is 1. The molecule has 0 aromatic heterocycles. The summed E-state index contributed by atoms with van der Waals surface area (Å²) in [5, 5.41) is 12.5. The van der Waals surface area contributed by atoms with Gasteiger partial charge in [0.15, 0.2) is 5.78 Å². The molecule has 0 saturated carbocycles. The molecule has 1 N–H and O–H groups in total. The SMILES string of the molecule is COc1cc(CNC(=O)CCC(=O)C(C#N)=C2N(C)c3ccccc3N2C)cc(OC)c1. The van der Waals surface area contributed by atoms with Crippen molar-refractivity contribution in [1.82, 2.24) is 5.32 Å². The van der Waals surface area contributed by atoms with Crippen LogP contribution < -0.4 is 24.6 Å². The van der Waals surface area contributed by atoms with Gasteiger partial charge in [0.25, 0.3) is 0 Å². The number of hydrogen-bond donors (Lipinski definition) is 1. The summed E-state index contributed by atoms with van der Waals surface area (Å²) in [5.74, 6) is 1.12. The van der Waals surface area contributed by atoms with Crippen molar-refractivity contribution in [2.45, 2.75) is 19.4 Å². The van der Waals surface area contributed by atoms with E-state index in [1.807, 2.05) is 54.2 Å². The van der Waals surface area contributed by atoms with Crippen LogP contribution in [0.1, 0.15) is 18.4 Å². The molecule has 1 aliphatic heterocycles. The molecule has 1 heterocycles. The summed E-state index contributed by atoms with van der Waals surface area (Å²) in [5.41, 5.74) is 2.68. The van der Waals surface area contributed by atoms with Gasteiger partial charge in [-0.15, -0.1) is 0 Å². The van der Waals surface area contributed by atoms with Gasteiger partial charge in [-0.3, -0.25) is 9.59 Å². The fourth-order valence-electron chi connectivity index (χ4n) is 3.67. The monoisotopic (exact) mass is 434 g/mol. The lowest BCUT2D eigenvalue weighted by Crippen LogP contribution is -2.27. The topological polar surface area (TPSA) is 94.9 Å². The van der Waals surface area contributed by atoms with Crippen LogP contribution in [-0.2, 0) is 16.1 Å². The van der Waals surface area contributed by atoms with Crippen LogP contribution in [-0.4, -0.2) is 40.0 Å². The van der Waals surface area contributed by atoms with Gasteiger partial charge in [-0.25, -0.2) is 0 Å². The Hall–Kier alpha value is -3.99. The number of nitrogens with one attached hydrogen (secondary N) is 1. The molecular formula is C24H26N4O4. The number of anilines is 2. The number of carbonyl (C=O) groups is 2. The Morgan fingerprint density at radius 2 is 1.53 bits per heavy atom. The van der Waals surface area contributed by atoms with Crippen LogP contribution in [0.5, 0.6) is 11.5 Å². The highest BCUT2D eigenvalue weighted by atomic mass is 16.5. The fraction of sp³-hybridized carbons (Fsp3) is 0.292. The van der Waals surface area contributed by atoms with Crippen LogP contribution in [0, 0.1) is 11.3 Å². The van der Waals surface area contributed by atoms with Gasteiger partial charge in [0, 0.05) is 39.5 Å². The molecule has 0 unspecified atom stereocenters. The first-order valence-electron chi connectivity index (χ1n) is 10.1. The van der Waals surface area contributed by atoms with Gasteiger partial charge in [-0.05, 0) is 29.8 Å². The molecule has 0 radical (unpaired) electrons. The van der Waals surface area contributed by atoms with E-state index in [0.29, 0.717) is 17.3 Å². The molecule has 0 fully saturated rings. The van der Waals surface area contributed by atoms with Crippen LogP contribution in [0.25, 0.3) is 0 Å². The molecule has 8 nitrogen and oxygen atoms in total. The number of ketones is 1. The van der Waals surface area contributed by atoms with E-state index < -0.39 is 0 Å². The van der Waals surface area contributed by atoms with E-state index in [1.54, 1.807) is 32.4 Å². The number of carbonyl (C=O) groups excluding carboxylic acids is 2. The van der Waals surface area contributed by atoms with Crippen LogP contribution >= 0.6 is 0 Å². The second kappa shape index (κ2) is 9.88. The second-order valence-corrected chi connectivity index (χ2v) is 7.34. The normalized spacial score (nSPS) is 12.2. The van der Waals surface area contributed by atoms with Gasteiger partial charge in [0.2, 0.25) is 5.91 Å². The number of benzene rings is 2. The molecule has 2 aromatic rings. The van der Waals surface area contributed by atoms with Crippen LogP contribution in [0.15, 0.2) is 53.9 Å². The quantitative estimate of drug-likeness (QED) is 0.504. The first kappa shape index (κ1) is 22.7. The number of hydrogen-bond acceptors (Lipinski definition) is 7. The summed E-state index contributed by atoms with van der Waals surface area (Å²) in [6.07, 6.45) is -0.0730. The van der Waals surface area contributed by atoms with Crippen LogP contribution in [0.3, 0.4) is 0 Å². The Bertz CT molecular complexity index is 1050. The van der Waals surface area contributed by atoms with Gasteiger partial charge < -0.3 is 24.6 Å². The summed E-state index contributed by atoms with van der Waals surface area (Å²) in [4.78, 5) is 28.8. The van der Waals surface area contributed by atoms with Gasteiger partial charge in [-0.2, -0.15) is 5.26 Å². The molecule has 2 aromatic carbocycles. The van der Waals surface area contributed by atoms with E-state index in [1.165, 1.54) is 0 Å². The van der Waals surface area contributed by atoms with E-state index in [4.69, 9.17) is 9.47 Å². The summed E-state index contributed by atoms with van der Waals surface area (Å²) in [6.45, 7) is 0.271. The van der Waals surface area contributed by atoms with Gasteiger partial charge in [0.05, 0.1) is 25.6 Å². The lowest BCUT2D eigenvalue weighted by Gasteiger charge is -2.19. The summed E-state index contributed by atoms with van der Waals surface area (Å²) in [7, 11) is 6.75. The predicted molar refractivity (Wildman–Crippen MR) is 122 cm³/mol. The van der Waals surface area contributed by atoms with E-state index in [0.717, 1.165) is 16.9 Å². The van der Waals surface area contributed by atoms with E-state index in [2.05, 4.69) is 5.32 Å². The predicted octanol–water partition coefficient (Wildman–Crippen LogP) is 2.99. The molecule has 8 heteroatoms. The Balaban J connectivity index is 1.63. The number of fused-ring (bicyclic) bond motifs is 1. The number of rotatable bonds is 8. The second-order valence-electron chi connectivity index (χ2n) is 7.34. The Labute approximate surface area is 187 Å². The zero-order chi connectivity index (χ0) is 23.3. The molecule has 1 aliphatic rings. The standard InChI is InChI=1S/C24H26N4O4/c1-27-20-7-5-6-8-21(20)28(2)24(27)19(14-25)22(29)9-10-23(30)26-15-16-11-17(31-3)13-18(12-16)32-4/h5-8,11-13H,9-10,15H2,1-4H3,(H,26,30). The minimum absolute atomic E-state index is 0.0151. The van der Waals surface area contributed by atoms with Gasteiger partial charge in [0.1, 0.15) is 29.0 Å². The lowest BCUT2D eigenvalue weighted by atomic mass is 10.1. The summed E-state index contributed by atoms with van der Waals surface area (Å²) in [6, 6.07) is 15.1. The maximum absolute atomic E-state index is 12.8. The number of amides is 1. The average molecular weight is 434 g/mol. The molecule has 32 heavy (non-hydrogen) atoms. The summed E-state index contributed by atoms with van der Waals surface area (Å²) < 4.78 is 10.5. The molecule has 0 spiro atoms. The molecule has 0 saturated heterocycles. The number of methoxy groups -OCH3 is 2. The van der Waals surface area contributed by atoms with Crippen molar-refractivity contribution < 1.29 is 19.1 Å². The molecule has 1 amide bonds.